The van der Waals surface area contributed by atoms with Gasteiger partial charge in [0.25, 0.3) is 0 Å². The van der Waals surface area contributed by atoms with Gasteiger partial charge in [0.15, 0.2) is 0 Å². The van der Waals surface area contributed by atoms with Crippen molar-refractivity contribution in [3.63, 3.8) is 0 Å². The molecule has 3 nitrogen and oxygen atoms in total. The minimum Gasteiger partial charge on any atom is -0.387 e. The summed E-state index contributed by atoms with van der Waals surface area (Å²) in [6.07, 6.45) is 0.159. The van der Waals surface area contributed by atoms with Crippen molar-refractivity contribution in [3.8, 4) is 0 Å². The highest BCUT2D eigenvalue weighted by molar-refractivity contribution is 7.90. The van der Waals surface area contributed by atoms with E-state index >= 15 is 0 Å². The van der Waals surface area contributed by atoms with Crippen LogP contribution in [0.25, 0.3) is 10.8 Å². The summed E-state index contributed by atoms with van der Waals surface area (Å²) in [6.45, 7) is 0. The first-order valence-corrected chi connectivity index (χ1v) is 7.36. The molecule has 2 aromatic carbocycles. The molecule has 90 valence electrons. The minimum atomic E-state index is -3.17. The molecule has 0 saturated heterocycles. The predicted octanol–water partition coefficient (Wildman–Crippen LogP) is 1.92. The van der Waals surface area contributed by atoms with E-state index in [2.05, 4.69) is 0 Å². The lowest BCUT2D eigenvalue weighted by molar-refractivity contribution is 0.202. The number of rotatable bonds is 3. The Kier molecular flexibility index (Phi) is 3.17. The first kappa shape index (κ1) is 12.1. The summed E-state index contributed by atoms with van der Waals surface area (Å²) < 4.78 is 22.2. The van der Waals surface area contributed by atoms with Crippen LogP contribution in [0.2, 0.25) is 0 Å². The standard InChI is InChI=1S/C13H14O3S/c1-17(15,16)9-13(14)12-7-6-10-4-2-3-5-11(10)8-12/h2-8,13-14H,9H2,1H3. The zero-order valence-corrected chi connectivity index (χ0v) is 10.3. The average molecular weight is 250 g/mol. The Morgan fingerprint density at radius 1 is 1.12 bits per heavy atom. The topological polar surface area (TPSA) is 54.4 Å². The summed E-state index contributed by atoms with van der Waals surface area (Å²) in [5, 5.41) is 11.9. The molecule has 0 heterocycles. The molecule has 2 rings (SSSR count). The summed E-state index contributed by atoms with van der Waals surface area (Å²) in [5.41, 5.74) is 0.633. The molecule has 1 atom stereocenters. The molecule has 0 aliphatic heterocycles. The average Bonchev–Trinajstić information content (AvgIpc) is 2.26. The number of hydrogen-bond acceptors (Lipinski definition) is 3. The van der Waals surface area contributed by atoms with Gasteiger partial charge in [0.05, 0.1) is 11.9 Å². The first-order chi connectivity index (χ1) is 7.96. The monoisotopic (exact) mass is 250 g/mol. The zero-order chi connectivity index (χ0) is 12.5. The maximum atomic E-state index is 11.1. The Balaban J connectivity index is 2.36. The quantitative estimate of drug-likeness (QED) is 0.905. The fraction of sp³-hybridized carbons (Fsp3) is 0.231. The molecule has 1 N–H and O–H groups in total. The van der Waals surface area contributed by atoms with Gasteiger partial charge in [-0.2, -0.15) is 0 Å². The highest BCUT2D eigenvalue weighted by Gasteiger charge is 2.14. The van der Waals surface area contributed by atoms with Gasteiger partial charge >= 0.3 is 0 Å². The van der Waals surface area contributed by atoms with E-state index in [9.17, 15) is 13.5 Å². The Hall–Kier alpha value is -1.39. The molecule has 0 bridgehead atoms. The normalized spacial score (nSPS) is 13.8. The second-order valence-corrected chi connectivity index (χ2v) is 6.40. The molecule has 0 aromatic heterocycles. The molecule has 0 radical (unpaired) electrons. The molecule has 1 unspecified atom stereocenters. The van der Waals surface area contributed by atoms with Crippen molar-refractivity contribution in [2.24, 2.45) is 0 Å². The summed E-state index contributed by atoms with van der Waals surface area (Å²) >= 11 is 0. The van der Waals surface area contributed by atoms with Gasteiger partial charge in [-0.3, -0.25) is 0 Å². The molecule has 0 spiro atoms. The third-order valence-electron chi connectivity index (χ3n) is 2.62. The summed E-state index contributed by atoms with van der Waals surface area (Å²) in [5.74, 6) is -0.245. The number of fused-ring (bicyclic) bond motifs is 1. The van der Waals surface area contributed by atoms with E-state index in [0.717, 1.165) is 17.0 Å². The van der Waals surface area contributed by atoms with Crippen molar-refractivity contribution < 1.29 is 13.5 Å². The Morgan fingerprint density at radius 2 is 1.76 bits per heavy atom. The third-order valence-corrected chi connectivity index (χ3v) is 3.54. The molecule has 4 heteroatoms. The molecule has 0 fully saturated rings. The lowest BCUT2D eigenvalue weighted by atomic mass is 10.0. The Bertz CT molecular complexity index is 632. The zero-order valence-electron chi connectivity index (χ0n) is 9.50. The van der Waals surface area contributed by atoms with Gasteiger partial charge in [-0.1, -0.05) is 36.4 Å². The van der Waals surface area contributed by atoms with Crippen LogP contribution in [0.4, 0.5) is 0 Å². The van der Waals surface area contributed by atoms with Crippen LogP contribution in [0, 0.1) is 0 Å². The summed E-state index contributed by atoms with van der Waals surface area (Å²) in [7, 11) is -3.17. The van der Waals surface area contributed by atoms with E-state index in [1.54, 1.807) is 6.07 Å². The first-order valence-electron chi connectivity index (χ1n) is 5.30. The smallest absolute Gasteiger partial charge is 0.150 e. The van der Waals surface area contributed by atoms with Crippen molar-refractivity contribution >= 4 is 20.6 Å². The molecule has 0 aliphatic carbocycles. The van der Waals surface area contributed by atoms with Gasteiger partial charge in [-0.15, -0.1) is 0 Å². The van der Waals surface area contributed by atoms with E-state index < -0.39 is 15.9 Å². The highest BCUT2D eigenvalue weighted by Crippen LogP contribution is 2.21. The van der Waals surface area contributed by atoms with Crippen molar-refractivity contribution in [3.05, 3.63) is 48.0 Å². The van der Waals surface area contributed by atoms with Crippen molar-refractivity contribution in [2.45, 2.75) is 6.10 Å². The van der Waals surface area contributed by atoms with Crippen molar-refractivity contribution in [2.75, 3.05) is 12.0 Å². The van der Waals surface area contributed by atoms with Crippen LogP contribution >= 0.6 is 0 Å². The van der Waals surface area contributed by atoms with E-state index in [-0.39, 0.29) is 5.75 Å². The van der Waals surface area contributed by atoms with Gasteiger partial charge < -0.3 is 5.11 Å². The van der Waals surface area contributed by atoms with Crippen LogP contribution in [0.3, 0.4) is 0 Å². The fourth-order valence-corrected chi connectivity index (χ4v) is 2.56. The van der Waals surface area contributed by atoms with E-state index in [4.69, 9.17) is 0 Å². The van der Waals surface area contributed by atoms with E-state index in [0.29, 0.717) is 5.56 Å². The molecule has 0 amide bonds. The predicted molar refractivity (Wildman–Crippen MR) is 68.6 cm³/mol. The van der Waals surface area contributed by atoms with Crippen LogP contribution in [0.15, 0.2) is 42.5 Å². The van der Waals surface area contributed by atoms with Gasteiger partial charge in [0.2, 0.25) is 0 Å². The van der Waals surface area contributed by atoms with E-state index in [1.807, 2.05) is 36.4 Å². The largest absolute Gasteiger partial charge is 0.387 e. The second-order valence-electron chi connectivity index (χ2n) is 4.21. The van der Waals surface area contributed by atoms with Gasteiger partial charge in [0.1, 0.15) is 9.84 Å². The molecular weight excluding hydrogens is 236 g/mol. The van der Waals surface area contributed by atoms with Crippen LogP contribution < -0.4 is 0 Å². The highest BCUT2D eigenvalue weighted by atomic mass is 32.2. The number of aliphatic hydroxyl groups excluding tert-OH is 1. The Morgan fingerprint density at radius 3 is 2.41 bits per heavy atom. The molecule has 0 saturated carbocycles. The number of aliphatic hydroxyl groups is 1. The van der Waals surface area contributed by atoms with Crippen molar-refractivity contribution in [1.82, 2.24) is 0 Å². The van der Waals surface area contributed by atoms with Crippen LogP contribution in [0.5, 0.6) is 0 Å². The van der Waals surface area contributed by atoms with Gasteiger partial charge in [-0.05, 0) is 22.4 Å². The van der Waals surface area contributed by atoms with Crippen LogP contribution in [-0.2, 0) is 9.84 Å². The number of sulfone groups is 1. The molecule has 0 aliphatic rings. The minimum absolute atomic E-state index is 0.245. The summed E-state index contributed by atoms with van der Waals surface area (Å²) in [6, 6.07) is 13.2. The molecule has 17 heavy (non-hydrogen) atoms. The Labute approximate surface area is 101 Å². The van der Waals surface area contributed by atoms with Gasteiger partial charge in [-0.25, -0.2) is 8.42 Å². The van der Waals surface area contributed by atoms with Gasteiger partial charge in [0, 0.05) is 6.26 Å². The van der Waals surface area contributed by atoms with Crippen molar-refractivity contribution in [1.29, 1.82) is 0 Å². The molecule has 2 aromatic rings. The summed E-state index contributed by atoms with van der Waals surface area (Å²) in [4.78, 5) is 0. The lowest BCUT2D eigenvalue weighted by Crippen LogP contribution is -2.12. The number of hydrogen-bond donors (Lipinski definition) is 1. The van der Waals surface area contributed by atoms with Crippen LogP contribution in [0.1, 0.15) is 11.7 Å². The fourth-order valence-electron chi connectivity index (χ4n) is 1.80. The van der Waals surface area contributed by atoms with Crippen LogP contribution in [-0.4, -0.2) is 25.5 Å². The third kappa shape index (κ3) is 3.05. The SMILES string of the molecule is CS(=O)(=O)CC(O)c1ccc2ccccc2c1. The molecular formula is C13H14O3S. The number of benzene rings is 2. The van der Waals surface area contributed by atoms with E-state index in [1.165, 1.54) is 0 Å². The second kappa shape index (κ2) is 4.47. The maximum Gasteiger partial charge on any atom is 0.150 e. The maximum absolute atomic E-state index is 11.1. The lowest BCUT2D eigenvalue weighted by Gasteiger charge is -2.10.